The van der Waals surface area contributed by atoms with Gasteiger partial charge in [-0.2, -0.15) is 0 Å². The summed E-state index contributed by atoms with van der Waals surface area (Å²) in [5, 5.41) is 0. The normalized spacial score (nSPS) is 15.9. The van der Waals surface area contributed by atoms with Gasteiger partial charge in [0.05, 0.1) is 5.66 Å². The van der Waals surface area contributed by atoms with Crippen LogP contribution in [0.2, 0.25) is 0 Å². The summed E-state index contributed by atoms with van der Waals surface area (Å²) in [6.45, 7) is 0. The van der Waals surface area contributed by atoms with Crippen LogP contribution in [0.3, 0.4) is 0 Å². The van der Waals surface area contributed by atoms with Crippen LogP contribution in [-0.2, 0) is 4.57 Å². The highest BCUT2D eigenvalue weighted by molar-refractivity contribution is 7.55. The number of benzene rings is 2. The molecule has 0 unspecified atom stereocenters. The Morgan fingerprint density at radius 1 is 0.750 bits per heavy atom. The molecule has 0 heterocycles. The SMILES string of the molecule is O=P(Oc1ccc(F)cc1)(Oc1ccc(F)cc1)C1CCCCC1. The molecule has 0 radical (unpaired) electrons. The molecule has 0 aromatic heterocycles. The molecule has 0 amide bonds. The Kier molecular flexibility index (Phi) is 5.20. The molecule has 2 aromatic carbocycles. The fourth-order valence-electron chi connectivity index (χ4n) is 2.85. The van der Waals surface area contributed by atoms with Crippen LogP contribution in [-0.4, -0.2) is 5.66 Å². The van der Waals surface area contributed by atoms with Gasteiger partial charge < -0.3 is 9.05 Å². The van der Waals surface area contributed by atoms with E-state index in [4.69, 9.17) is 9.05 Å². The van der Waals surface area contributed by atoms with Crippen LogP contribution in [0.25, 0.3) is 0 Å². The minimum Gasteiger partial charge on any atom is -0.416 e. The first-order chi connectivity index (χ1) is 11.5. The van der Waals surface area contributed by atoms with Crippen molar-refractivity contribution in [3.05, 3.63) is 60.2 Å². The van der Waals surface area contributed by atoms with Gasteiger partial charge in [0.1, 0.15) is 23.1 Å². The van der Waals surface area contributed by atoms with Crippen LogP contribution in [0.15, 0.2) is 48.5 Å². The van der Waals surface area contributed by atoms with Crippen LogP contribution < -0.4 is 9.05 Å². The predicted octanol–water partition coefficient (Wildman–Crippen LogP) is 5.95. The van der Waals surface area contributed by atoms with E-state index in [0.717, 1.165) is 32.1 Å². The molecule has 0 saturated heterocycles. The lowest BCUT2D eigenvalue weighted by atomic mass is 10.0. The third-order valence-electron chi connectivity index (χ3n) is 4.11. The highest BCUT2D eigenvalue weighted by Gasteiger charge is 2.39. The van der Waals surface area contributed by atoms with Crippen molar-refractivity contribution in [1.29, 1.82) is 0 Å². The Bertz CT molecular complexity index is 659. The summed E-state index contributed by atoms with van der Waals surface area (Å²) in [5.41, 5.74) is -0.221. The molecule has 6 heteroatoms. The molecule has 0 aliphatic heterocycles. The van der Waals surface area contributed by atoms with E-state index < -0.39 is 19.2 Å². The van der Waals surface area contributed by atoms with Crippen molar-refractivity contribution in [2.45, 2.75) is 37.8 Å². The average molecular weight is 352 g/mol. The Morgan fingerprint density at radius 2 is 1.17 bits per heavy atom. The summed E-state index contributed by atoms with van der Waals surface area (Å²) in [4.78, 5) is 0. The third-order valence-corrected chi connectivity index (χ3v) is 6.46. The number of rotatable bonds is 5. The molecular formula is C18H19F2O3P. The summed E-state index contributed by atoms with van der Waals surface area (Å²) in [5.74, 6) is -0.191. The molecule has 3 nitrogen and oxygen atoms in total. The molecule has 24 heavy (non-hydrogen) atoms. The van der Waals surface area contributed by atoms with Crippen molar-refractivity contribution >= 4 is 7.60 Å². The van der Waals surface area contributed by atoms with E-state index in [1.165, 1.54) is 48.5 Å². The molecular weight excluding hydrogens is 333 g/mol. The molecule has 2 aromatic rings. The van der Waals surface area contributed by atoms with Gasteiger partial charge in [-0.1, -0.05) is 19.3 Å². The third kappa shape index (κ3) is 4.15. The smallest absolute Gasteiger partial charge is 0.416 e. The number of hydrogen-bond donors (Lipinski definition) is 0. The zero-order chi connectivity index (χ0) is 17.0. The van der Waals surface area contributed by atoms with Gasteiger partial charge in [-0.05, 0) is 61.4 Å². The monoisotopic (exact) mass is 352 g/mol. The van der Waals surface area contributed by atoms with Gasteiger partial charge in [0.25, 0.3) is 0 Å². The fourth-order valence-corrected chi connectivity index (χ4v) is 5.01. The molecule has 1 saturated carbocycles. The summed E-state index contributed by atoms with van der Waals surface area (Å²) < 4.78 is 51.0. The van der Waals surface area contributed by atoms with E-state index in [0.29, 0.717) is 11.5 Å². The zero-order valence-electron chi connectivity index (χ0n) is 13.2. The van der Waals surface area contributed by atoms with Gasteiger partial charge in [0.2, 0.25) is 0 Å². The van der Waals surface area contributed by atoms with E-state index in [2.05, 4.69) is 0 Å². The minimum atomic E-state index is -3.51. The first-order valence-corrected chi connectivity index (χ1v) is 9.66. The Morgan fingerprint density at radius 3 is 1.58 bits per heavy atom. The standard InChI is InChI=1S/C18H19F2O3P/c19-14-6-10-16(11-7-14)22-24(21,18-4-2-1-3-5-18)23-17-12-8-15(20)9-13-17/h6-13,18H,1-5H2. The van der Waals surface area contributed by atoms with Crippen LogP contribution in [0.5, 0.6) is 11.5 Å². The lowest BCUT2D eigenvalue weighted by molar-refractivity contribution is 0.349. The van der Waals surface area contributed by atoms with E-state index in [-0.39, 0.29) is 5.66 Å². The van der Waals surface area contributed by atoms with E-state index in [1.807, 2.05) is 0 Å². The van der Waals surface area contributed by atoms with E-state index >= 15 is 0 Å². The topological polar surface area (TPSA) is 35.5 Å². The maximum absolute atomic E-state index is 13.4. The molecule has 128 valence electrons. The Balaban J connectivity index is 1.85. The molecule has 3 rings (SSSR count). The van der Waals surface area contributed by atoms with Crippen molar-refractivity contribution in [2.75, 3.05) is 0 Å². The van der Waals surface area contributed by atoms with Crippen molar-refractivity contribution in [3.63, 3.8) is 0 Å². The van der Waals surface area contributed by atoms with Crippen LogP contribution in [0, 0.1) is 11.6 Å². The Labute approximate surface area is 140 Å². The first kappa shape index (κ1) is 17.0. The average Bonchev–Trinajstić information content (AvgIpc) is 2.60. The Hall–Kier alpha value is -1.87. The summed E-state index contributed by atoms with van der Waals surface area (Å²) in [6.07, 6.45) is 4.53. The van der Waals surface area contributed by atoms with Gasteiger partial charge in [-0.15, -0.1) is 0 Å². The highest BCUT2D eigenvalue weighted by Crippen LogP contribution is 2.56. The molecule has 1 aliphatic carbocycles. The summed E-state index contributed by atoms with van der Waals surface area (Å²) in [6, 6.07) is 10.7. The van der Waals surface area contributed by atoms with Crippen molar-refractivity contribution < 1.29 is 22.4 Å². The second kappa shape index (κ2) is 7.35. The van der Waals surface area contributed by atoms with Crippen molar-refractivity contribution in [2.24, 2.45) is 0 Å². The fraction of sp³-hybridized carbons (Fsp3) is 0.333. The second-order valence-electron chi connectivity index (χ2n) is 5.92. The predicted molar refractivity (Wildman–Crippen MR) is 88.5 cm³/mol. The van der Waals surface area contributed by atoms with E-state index in [1.54, 1.807) is 0 Å². The van der Waals surface area contributed by atoms with Crippen LogP contribution in [0.1, 0.15) is 32.1 Å². The van der Waals surface area contributed by atoms with Crippen molar-refractivity contribution in [3.8, 4) is 11.5 Å². The van der Waals surface area contributed by atoms with Gasteiger partial charge >= 0.3 is 7.60 Å². The molecule has 0 spiro atoms. The maximum atomic E-state index is 13.4. The number of hydrogen-bond acceptors (Lipinski definition) is 3. The highest BCUT2D eigenvalue weighted by atomic mass is 31.2. The van der Waals surface area contributed by atoms with E-state index in [9.17, 15) is 13.3 Å². The lowest BCUT2D eigenvalue weighted by Crippen LogP contribution is -2.19. The van der Waals surface area contributed by atoms with Gasteiger partial charge in [0.15, 0.2) is 0 Å². The molecule has 0 bridgehead atoms. The molecule has 0 atom stereocenters. The minimum absolute atomic E-state index is 0.221. The molecule has 1 aliphatic rings. The molecule has 0 N–H and O–H groups in total. The maximum Gasteiger partial charge on any atom is 0.433 e. The summed E-state index contributed by atoms with van der Waals surface area (Å²) >= 11 is 0. The second-order valence-corrected chi connectivity index (χ2v) is 8.10. The van der Waals surface area contributed by atoms with Gasteiger partial charge in [-0.25, -0.2) is 13.3 Å². The van der Waals surface area contributed by atoms with Gasteiger partial charge in [-0.3, -0.25) is 0 Å². The van der Waals surface area contributed by atoms with Crippen LogP contribution in [0.4, 0.5) is 8.78 Å². The summed E-state index contributed by atoms with van der Waals surface area (Å²) in [7, 11) is -3.51. The van der Waals surface area contributed by atoms with Crippen molar-refractivity contribution in [1.82, 2.24) is 0 Å². The zero-order valence-corrected chi connectivity index (χ0v) is 14.1. The lowest BCUT2D eigenvalue weighted by Gasteiger charge is -2.29. The first-order valence-electron chi connectivity index (χ1n) is 8.05. The van der Waals surface area contributed by atoms with Crippen LogP contribution >= 0.6 is 7.60 Å². The largest absolute Gasteiger partial charge is 0.433 e. The number of halogens is 2. The quantitative estimate of drug-likeness (QED) is 0.624. The van der Waals surface area contributed by atoms with Gasteiger partial charge in [0, 0.05) is 0 Å². The molecule has 1 fully saturated rings.